The van der Waals surface area contributed by atoms with Gasteiger partial charge in [-0.25, -0.2) is 17.6 Å². The van der Waals surface area contributed by atoms with Crippen molar-refractivity contribution in [2.75, 3.05) is 10.0 Å². The maximum atomic E-state index is 13.8. The zero-order chi connectivity index (χ0) is 24.2. The van der Waals surface area contributed by atoms with Gasteiger partial charge in [0.1, 0.15) is 5.82 Å². The van der Waals surface area contributed by atoms with Crippen LogP contribution in [-0.2, 0) is 19.6 Å². The van der Waals surface area contributed by atoms with Gasteiger partial charge in [-0.1, -0.05) is 24.3 Å². The number of halogens is 1. The number of rotatable bonds is 7. The van der Waals surface area contributed by atoms with Crippen LogP contribution in [0.5, 0.6) is 0 Å². The Hall–Kier alpha value is -3.72. The third kappa shape index (κ3) is 6.17. The van der Waals surface area contributed by atoms with Crippen LogP contribution in [0.1, 0.15) is 28.4 Å². The van der Waals surface area contributed by atoms with Crippen molar-refractivity contribution in [2.24, 2.45) is 0 Å². The highest BCUT2D eigenvalue weighted by molar-refractivity contribution is 7.92. The van der Waals surface area contributed by atoms with E-state index in [2.05, 4.69) is 10.0 Å². The fourth-order valence-electron chi connectivity index (χ4n) is 2.91. The van der Waals surface area contributed by atoms with Crippen molar-refractivity contribution >= 4 is 33.3 Å². The average molecular weight is 471 g/mol. The lowest BCUT2D eigenvalue weighted by molar-refractivity contribution is -0.123. The molecule has 0 aromatic heterocycles. The van der Waals surface area contributed by atoms with E-state index >= 15 is 0 Å². The van der Waals surface area contributed by atoms with Gasteiger partial charge in [-0.15, -0.1) is 0 Å². The SMILES string of the molecule is Cc1cccc(NC(=O)C(C)OC(=O)c2cccc(NS(=O)(=O)c3ccc(C)c(F)c3)c2)c1. The number of esters is 1. The summed E-state index contributed by atoms with van der Waals surface area (Å²) in [5, 5.41) is 2.67. The maximum absolute atomic E-state index is 13.8. The van der Waals surface area contributed by atoms with Gasteiger partial charge in [-0.2, -0.15) is 0 Å². The highest BCUT2D eigenvalue weighted by Crippen LogP contribution is 2.20. The molecule has 1 amide bonds. The summed E-state index contributed by atoms with van der Waals surface area (Å²) in [4.78, 5) is 24.6. The van der Waals surface area contributed by atoms with Gasteiger partial charge < -0.3 is 10.1 Å². The first kappa shape index (κ1) is 23.9. The van der Waals surface area contributed by atoms with Gasteiger partial charge in [-0.3, -0.25) is 9.52 Å². The number of carbonyl (C=O) groups excluding carboxylic acids is 2. The van der Waals surface area contributed by atoms with Crippen molar-refractivity contribution in [3.05, 3.63) is 89.2 Å². The zero-order valence-corrected chi connectivity index (χ0v) is 19.1. The van der Waals surface area contributed by atoms with E-state index < -0.39 is 33.8 Å². The molecule has 2 N–H and O–H groups in total. The van der Waals surface area contributed by atoms with Crippen LogP contribution < -0.4 is 10.0 Å². The van der Waals surface area contributed by atoms with Crippen LogP contribution in [0.4, 0.5) is 15.8 Å². The van der Waals surface area contributed by atoms with E-state index in [0.29, 0.717) is 11.3 Å². The Morgan fingerprint density at radius 1 is 0.939 bits per heavy atom. The minimum atomic E-state index is -4.08. The summed E-state index contributed by atoms with van der Waals surface area (Å²) in [6.07, 6.45) is -1.09. The molecule has 0 bridgehead atoms. The highest BCUT2D eigenvalue weighted by atomic mass is 32.2. The number of amides is 1. The summed E-state index contributed by atoms with van der Waals surface area (Å²) in [6, 6.07) is 16.3. The smallest absolute Gasteiger partial charge is 0.338 e. The molecule has 0 radical (unpaired) electrons. The summed E-state index contributed by atoms with van der Waals surface area (Å²) >= 11 is 0. The van der Waals surface area contributed by atoms with Crippen LogP contribution in [0.15, 0.2) is 71.6 Å². The van der Waals surface area contributed by atoms with Gasteiger partial charge in [0, 0.05) is 11.4 Å². The first-order chi connectivity index (χ1) is 15.5. The number of benzene rings is 3. The van der Waals surface area contributed by atoms with Gasteiger partial charge >= 0.3 is 5.97 Å². The van der Waals surface area contributed by atoms with Crippen molar-refractivity contribution in [3.63, 3.8) is 0 Å². The van der Waals surface area contributed by atoms with Crippen LogP contribution in [-0.4, -0.2) is 26.4 Å². The molecule has 0 heterocycles. The molecule has 3 rings (SSSR count). The Morgan fingerprint density at radius 2 is 1.64 bits per heavy atom. The lowest BCUT2D eigenvalue weighted by Crippen LogP contribution is -2.30. The van der Waals surface area contributed by atoms with Crippen molar-refractivity contribution < 1.29 is 27.1 Å². The summed E-state index contributed by atoms with van der Waals surface area (Å²) < 4.78 is 46.4. The van der Waals surface area contributed by atoms with Gasteiger partial charge in [0.2, 0.25) is 0 Å². The summed E-state index contributed by atoms with van der Waals surface area (Å²) in [5.74, 6) is -1.95. The van der Waals surface area contributed by atoms with E-state index in [1.54, 1.807) is 18.2 Å². The van der Waals surface area contributed by atoms with Gasteiger partial charge in [-0.05, 0) is 74.4 Å². The van der Waals surface area contributed by atoms with E-state index in [9.17, 15) is 22.4 Å². The van der Waals surface area contributed by atoms with Gasteiger partial charge in [0.15, 0.2) is 6.10 Å². The number of aryl methyl sites for hydroxylation is 2. The third-order valence-electron chi connectivity index (χ3n) is 4.74. The van der Waals surface area contributed by atoms with Crippen LogP contribution in [0.25, 0.3) is 0 Å². The molecular weight excluding hydrogens is 447 g/mol. The topological polar surface area (TPSA) is 102 Å². The Balaban J connectivity index is 1.68. The molecule has 0 aliphatic carbocycles. The number of ether oxygens (including phenoxy) is 1. The van der Waals surface area contributed by atoms with Crippen molar-refractivity contribution in [2.45, 2.75) is 31.8 Å². The largest absolute Gasteiger partial charge is 0.449 e. The van der Waals surface area contributed by atoms with Crippen molar-refractivity contribution in [3.8, 4) is 0 Å². The molecule has 7 nitrogen and oxygen atoms in total. The lowest BCUT2D eigenvalue weighted by atomic mass is 10.2. The molecule has 3 aromatic rings. The number of hydrogen-bond acceptors (Lipinski definition) is 5. The van der Waals surface area contributed by atoms with Crippen LogP contribution in [0.2, 0.25) is 0 Å². The monoisotopic (exact) mass is 470 g/mol. The van der Waals surface area contributed by atoms with E-state index in [-0.39, 0.29) is 16.1 Å². The second-order valence-corrected chi connectivity index (χ2v) is 9.19. The normalized spacial score (nSPS) is 12.0. The molecule has 0 fully saturated rings. The fraction of sp³-hybridized carbons (Fsp3) is 0.167. The molecule has 1 atom stereocenters. The molecule has 0 saturated heterocycles. The summed E-state index contributed by atoms with van der Waals surface area (Å²) in [6.45, 7) is 4.84. The summed E-state index contributed by atoms with van der Waals surface area (Å²) in [5.41, 5.74) is 1.99. The van der Waals surface area contributed by atoms with E-state index in [0.717, 1.165) is 11.6 Å². The Labute approximate surface area is 191 Å². The van der Waals surface area contributed by atoms with Crippen molar-refractivity contribution in [1.82, 2.24) is 0 Å². The highest BCUT2D eigenvalue weighted by Gasteiger charge is 2.21. The lowest BCUT2D eigenvalue weighted by Gasteiger charge is -2.14. The number of sulfonamides is 1. The first-order valence-corrected chi connectivity index (χ1v) is 11.5. The Kier molecular flexibility index (Phi) is 7.13. The van der Waals surface area contributed by atoms with E-state index in [4.69, 9.17) is 4.74 Å². The fourth-order valence-corrected chi connectivity index (χ4v) is 3.97. The van der Waals surface area contributed by atoms with E-state index in [1.807, 2.05) is 13.0 Å². The molecule has 0 aliphatic heterocycles. The Bertz CT molecular complexity index is 1310. The van der Waals surface area contributed by atoms with Gasteiger partial charge in [0.25, 0.3) is 15.9 Å². The van der Waals surface area contributed by atoms with E-state index in [1.165, 1.54) is 50.2 Å². The maximum Gasteiger partial charge on any atom is 0.338 e. The predicted octanol–water partition coefficient (Wildman–Crippen LogP) is 4.43. The molecule has 9 heteroatoms. The van der Waals surface area contributed by atoms with Crippen LogP contribution >= 0.6 is 0 Å². The molecule has 0 spiro atoms. The predicted molar refractivity (Wildman–Crippen MR) is 123 cm³/mol. The zero-order valence-electron chi connectivity index (χ0n) is 18.3. The quantitative estimate of drug-likeness (QED) is 0.498. The molecule has 3 aromatic carbocycles. The van der Waals surface area contributed by atoms with Crippen LogP contribution in [0.3, 0.4) is 0 Å². The number of anilines is 2. The molecule has 0 saturated carbocycles. The number of hydrogen-bond donors (Lipinski definition) is 2. The average Bonchev–Trinajstić information content (AvgIpc) is 2.75. The molecule has 172 valence electrons. The second-order valence-electron chi connectivity index (χ2n) is 7.50. The minimum absolute atomic E-state index is 0.0421. The Morgan fingerprint density at radius 3 is 2.33 bits per heavy atom. The molecule has 0 aliphatic rings. The van der Waals surface area contributed by atoms with Gasteiger partial charge in [0.05, 0.1) is 10.5 Å². The standard InChI is InChI=1S/C24H23FN2O5S/c1-15-6-4-8-19(12-15)26-23(28)17(3)32-24(29)18-7-5-9-20(13-18)27-33(30,31)21-11-10-16(2)22(25)14-21/h4-14,17,27H,1-3H3,(H,26,28). The number of carbonyl (C=O) groups is 2. The van der Waals surface area contributed by atoms with Crippen molar-refractivity contribution in [1.29, 1.82) is 0 Å². The number of nitrogens with one attached hydrogen (secondary N) is 2. The molecular formula is C24H23FN2O5S. The third-order valence-corrected chi connectivity index (χ3v) is 6.12. The first-order valence-electron chi connectivity index (χ1n) is 10.0. The second kappa shape index (κ2) is 9.83. The van der Waals surface area contributed by atoms with Crippen LogP contribution in [0, 0.1) is 19.7 Å². The summed E-state index contributed by atoms with van der Waals surface area (Å²) in [7, 11) is -4.08. The minimum Gasteiger partial charge on any atom is -0.449 e. The molecule has 33 heavy (non-hydrogen) atoms. The molecule has 1 unspecified atom stereocenters.